The van der Waals surface area contributed by atoms with Gasteiger partial charge in [-0.3, -0.25) is 4.79 Å². The molecule has 0 heterocycles. The number of ether oxygens (including phenoxy) is 2. The number of hydrogen-bond acceptors (Lipinski definition) is 4. The summed E-state index contributed by atoms with van der Waals surface area (Å²) < 4.78 is 12.6. The summed E-state index contributed by atoms with van der Waals surface area (Å²) in [6, 6.07) is 32.7. The molecule has 0 fully saturated rings. The Bertz CT molecular complexity index is 1420. The van der Waals surface area contributed by atoms with Gasteiger partial charge in [-0.05, 0) is 88.7 Å². The van der Waals surface area contributed by atoms with E-state index in [1.165, 1.54) is 5.56 Å². The van der Waals surface area contributed by atoms with Crippen LogP contribution in [0.15, 0.2) is 103 Å². The smallest absolute Gasteiger partial charge is 0.266 e. The molecule has 37 heavy (non-hydrogen) atoms. The lowest BCUT2D eigenvalue weighted by molar-refractivity contribution is -0.112. The van der Waals surface area contributed by atoms with Gasteiger partial charge < -0.3 is 14.8 Å². The van der Waals surface area contributed by atoms with E-state index in [9.17, 15) is 10.1 Å². The molecule has 0 spiro atoms. The first-order valence-corrected chi connectivity index (χ1v) is 12.8. The summed E-state index contributed by atoms with van der Waals surface area (Å²) in [6.07, 6.45) is 1.57. The van der Waals surface area contributed by atoms with Crippen molar-refractivity contribution >= 4 is 40.3 Å². The number of benzene rings is 4. The SMILES string of the molecule is Cc1ccc(COc2ccc(/C=C(\C#N)C(=O)Nc3ccc(OCc4ccccc4)cc3)cc2I)cc1. The van der Waals surface area contributed by atoms with E-state index < -0.39 is 5.91 Å². The second-order valence-corrected chi connectivity index (χ2v) is 9.55. The van der Waals surface area contributed by atoms with E-state index in [1.54, 1.807) is 30.3 Å². The summed E-state index contributed by atoms with van der Waals surface area (Å²) in [4.78, 5) is 12.7. The van der Waals surface area contributed by atoms with E-state index in [-0.39, 0.29) is 5.57 Å². The van der Waals surface area contributed by atoms with Crippen LogP contribution in [0.3, 0.4) is 0 Å². The second-order valence-electron chi connectivity index (χ2n) is 8.39. The molecule has 0 aliphatic rings. The number of hydrogen-bond donors (Lipinski definition) is 1. The lowest BCUT2D eigenvalue weighted by atomic mass is 10.1. The fourth-order valence-electron chi connectivity index (χ4n) is 3.46. The highest BCUT2D eigenvalue weighted by Crippen LogP contribution is 2.25. The van der Waals surface area contributed by atoms with E-state index in [2.05, 4.69) is 47.0 Å². The first-order valence-electron chi connectivity index (χ1n) is 11.7. The van der Waals surface area contributed by atoms with Crippen LogP contribution in [-0.2, 0) is 18.0 Å². The fraction of sp³-hybridized carbons (Fsp3) is 0.0968. The molecule has 4 aromatic carbocycles. The minimum Gasteiger partial charge on any atom is -0.489 e. The van der Waals surface area contributed by atoms with Crippen LogP contribution in [0.5, 0.6) is 11.5 Å². The Morgan fingerprint density at radius 2 is 1.57 bits per heavy atom. The molecule has 0 unspecified atom stereocenters. The molecule has 0 aromatic heterocycles. The highest BCUT2D eigenvalue weighted by atomic mass is 127. The Morgan fingerprint density at radius 1 is 0.892 bits per heavy atom. The highest BCUT2D eigenvalue weighted by molar-refractivity contribution is 14.1. The molecule has 0 saturated carbocycles. The van der Waals surface area contributed by atoms with Crippen LogP contribution in [0.4, 0.5) is 5.69 Å². The Kier molecular flexibility index (Phi) is 8.95. The van der Waals surface area contributed by atoms with Crippen LogP contribution in [0.1, 0.15) is 22.3 Å². The van der Waals surface area contributed by atoms with Crippen LogP contribution in [-0.4, -0.2) is 5.91 Å². The summed E-state index contributed by atoms with van der Waals surface area (Å²) >= 11 is 2.19. The van der Waals surface area contributed by atoms with Crippen molar-refractivity contribution in [2.75, 3.05) is 5.32 Å². The number of nitriles is 1. The minimum absolute atomic E-state index is 0.00790. The van der Waals surface area contributed by atoms with E-state index in [0.29, 0.717) is 24.7 Å². The Hall–Kier alpha value is -4.09. The van der Waals surface area contributed by atoms with Gasteiger partial charge in [0.25, 0.3) is 5.91 Å². The molecule has 1 amide bonds. The fourth-order valence-corrected chi connectivity index (χ4v) is 4.15. The van der Waals surface area contributed by atoms with Gasteiger partial charge in [-0.25, -0.2) is 0 Å². The maximum atomic E-state index is 12.7. The maximum Gasteiger partial charge on any atom is 0.266 e. The second kappa shape index (κ2) is 12.7. The summed E-state index contributed by atoms with van der Waals surface area (Å²) in [6.45, 7) is 2.98. The minimum atomic E-state index is -0.477. The maximum absolute atomic E-state index is 12.7. The van der Waals surface area contributed by atoms with E-state index in [4.69, 9.17) is 9.47 Å². The van der Waals surface area contributed by atoms with Gasteiger partial charge in [-0.1, -0.05) is 66.2 Å². The zero-order chi connectivity index (χ0) is 26.0. The van der Waals surface area contributed by atoms with Crippen LogP contribution < -0.4 is 14.8 Å². The molecule has 0 radical (unpaired) electrons. The van der Waals surface area contributed by atoms with Crippen molar-refractivity contribution in [2.24, 2.45) is 0 Å². The van der Waals surface area contributed by atoms with Gasteiger partial charge >= 0.3 is 0 Å². The predicted molar refractivity (Wildman–Crippen MR) is 154 cm³/mol. The molecule has 0 aliphatic heterocycles. The quantitative estimate of drug-likeness (QED) is 0.124. The molecule has 0 atom stereocenters. The number of nitrogens with zero attached hydrogens (tertiary/aromatic N) is 1. The molecule has 4 rings (SSSR count). The standard InChI is InChI=1S/C31H25IN2O3/c1-22-7-9-24(10-8-22)21-37-30-16-11-25(18-29(30)32)17-26(19-33)31(35)34-27-12-14-28(15-13-27)36-20-23-5-3-2-4-6-23/h2-18H,20-21H2,1H3,(H,34,35)/b26-17+. The zero-order valence-electron chi connectivity index (χ0n) is 20.3. The number of carbonyl (C=O) groups excluding carboxylic acids is 1. The van der Waals surface area contributed by atoms with Crippen molar-refractivity contribution in [1.82, 2.24) is 0 Å². The Balaban J connectivity index is 1.35. The molecule has 4 aromatic rings. The van der Waals surface area contributed by atoms with Crippen LogP contribution >= 0.6 is 22.6 Å². The molecular weight excluding hydrogens is 575 g/mol. The van der Waals surface area contributed by atoms with Crippen molar-refractivity contribution in [3.8, 4) is 17.6 Å². The summed E-state index contributed by atoms with van der Waals surface area (Å²) in [7, 11) is 0. The number of halogens is 1. The summed E-state index contributed by atoms with van der Waals surface area (Å²) in [5.41, 5.74) is 4.69. The van der Waals surface area contributed by atoms with Gasteiger partial charge in [-0.15, -0.1) is 0 Å². The average Bonchev–Trinajstić information content (AvgIpc) is 2.92. The topological polar surface area (TPSA) is 71.3 Å². The molecule has 1 N–H and O–H groups in total. The number of rotatable bonds is 9. The monoisotopic (exact) mass is 600 g/mol. The third-order valence-corrected chi connectivity index (χ3v) is 6.35. The third kappa shape index (κ3) is 7.69. The lowest BCUT2D eigenvalue weighted by Crippen LogP contribution is -2.13. The molecule has 0 saturated heterocycles. The Labute approximate surface area is 230 Å². The van der Waals surface area contributed by atoms with Gasteiger partial charge in [0.05, 0.1) is 3.57 Å². The first-order chi connectivity index (χ1) is 18.0. The molecule has 6 heteroatoms. The van der Waals surface area contributed by atoms with Gasteiger partial charge in [0, 0.05) is 5.69 Å². The molecule has 0 bridgehead atoms. The lowest BCUT2D eigenvalue weighted by Gasteiger charge is -2.10. The number of amides is 1. The van der Waals surface area contributed by atoms with Gasteiger partial charge in [0.15, 0.2) is 0 Å². The van der Waals surface area contributed by atoms with Crippen LogP contribution in [0, 0.1) is 21.8 Å². The first kappa shape index (κ1) is 26.0. The Morgan fingerprint density at radius 3 is 2.24 bits per heavy atom. The molecule has 184 valence electrons. The van der Waals surface area contributed by atoms with E-state index in [0.717, 1.165) is 26.0 Å². The normalized spacial score (nSPS) is 10.9. The largest absolute Gasteiger partial charge is 0.489 e. The van der Waals surface area contributed by atoms with Crippen molar-refractivity contribution in [1.29, 1.82) is 5.26 Å². The average molecular weight is 600 g/mol. The number of carbonyl (C=O) groups is 1. The highest BCUT2D eigenvalue weighted by Gasteiger charge is 2.11. The summed E-state index contributed by atoms with van der Waals surface area (Å²) in [5, 5.41) is 12.4. The molecule has 0 aliphatic carbocycles. The van der Waals surface area contributed by atoms with Gasteiger partial charge in [-0.2, -0.15) is 5.26 Å². The number of aryl methyl sites for hydroxylation is 1. The van der Waals surface area contributed by atoms with Gasteiger partial charge in [0.1, 0.15) is 36.4 Å². The van der Waals surface area contributed by atoms with Gasteiger partial charge in [0.2, 0.25) is 0 Å². The molecule has 5 nitrogen and oxygen atoms in total. The van der Waals surface area contributed by atoms with Crippen LogP contribution in [0.2, 0.25) is 0 Å². The van der Waals surface area contributed by atoms with Crippen molar-refractivity contribution in [2.45, 2.75) is 20.1 Å². The third-order valence-electron chi connectivity index (χ3n) is 5.51. The van der Waals surface area contributed by atoms with Crippen molar-refractivity contribution in [3.63, 3.8) is 0 Å². The summed E-state index contributed by atoms with van der Waals surface area (Å²) in [5.74, 6) is 0.961. The van der Waals surface area contributed by atoms with E-state index in [1.807, 2.05) is 66.7 Å². The zero-order valence-corrected chi connectivity index (χ0v) is 22.4. The van der Waals surface area contributed by atoms with Crippen molar-refractivity contribution < 1.29 is 14.3 Å². The number of anilines is 1. The number of nitrogens with one attached hydrogen (secondary N) is 1. The van der Waals surface area contributed by atoms with Crippen LogP contribution in [0.25, 0.3) is 6.08 Å². The predicted octanol–water partition coefficient (Wildman–Crippen LogP) is 7.30. The van der Waals surface area contributed by atoms with E-state index >= 15 is 0 Å². The van der Waals surface area contributed by atoms with Crippen molar-refractivity contribution in [3.05, 3.63) is 128 Å². The molecular formula is C31H25IN2O3.